The molecule has 0 bridgehead atoms. The average Bonchev–Trinajstić information content (AvgIpc) is 3.37. The number of hydrogen-bond acceptors (Lipinski definition) is 3. The van der Waals surface area contributed by atoms with Crippen molar-refractivity contribution in [3.8, 4) is 5.75 Å². The topological polar surface area (TPSA) is 54.9 Å². The van der Waals surface area contributed by atoms with Crippen LogP contribution in [0.2, 0.25) is 0 Å². The Hall–Kier alpha value is -1.23. The maximum atomic E-state index is 12.4. The molecule has 0 atom stereocenters. The number of aliphatic imine (C=N–C) groups is 1. The van der Waals surface area contributed by atoms with Gasteiger partial charge in [0, 0.05) is 38.9 Å². The fourth-order valence-corrected chi connectivity index (χ4v) is 2.19. The van der Waals surface area contributed by atoms with Crippen LogP contribution in [0.15, 0.2) is 29.3 Å². The molecule has 0 amide bonds. The van der Waals surface area contributed by atoms with E-state index in [1.165, 1.54) is 25.0 Å². The lowest BCUT2D eigenvalue weighted by Crippen LogP contribution is -2.37. The van der Waals surface area contributed by atoms with Gasteiger partial charge in [-0.2, -0.15) is 0 Å². The second-order valence-electron chi connectivity index (χ2n) is 5.88. The van der Waals surface area contributed by atoms with E-state index in [1.54, 1.807) is 19.2 Å². The van der Waals surface area contributed by atoms with E-state index in [2.05, 4.69) is 20.4 Å². The molecule has 9 heteroatoms. The highest BCUT2D eigenvalue weighted by atomic mass is 127. The van der Waals surface area contributed by atoms with E-state index in [0.29, 0.717) is 24.7 Å². The zero-order chi connectivity index (χ0) is 18.1. The van der Waals surface area contributed by atoms with E-state index in [1.807, 2.05) is 0 Å². The number of nitrogens with one attached hydrogen (secondary N) is 2. The van der Waals surface area contributed by atoms with Crippen molar-refractivity contribution in [3.63, 3.8) is 0 Å². The van der Waals surface area contributed by atoms with Gasteiger partial charge in [0.15, 0.2) is 5.96 Å². The van der Waals surface area contributed by atoms with E-state index >= 15 is 0 Å². The summed E-state index contributed by atoms with van der Waals surface area (Å²) in [4.78, 5) is 4.05. The van der Waals surface area contributed by atoms with E-state index in [4.69, 9.17) is 4.74 Å². The zero-order valence-corrected chi connectivity index (χ0v) is 17.0. The molecule has 0 heterocycles. The molecular formula is C17H25F3IN3O2. The van der Waals surface area contributed by atoms with Crippen molar-refractivity contribution >= 4 is 29.9 Å². The first-order valence-electron chi connectivity index (χ1n) is 8.34. The lowest BCUT2D eigenvalue weighted by Gasteiger charge is -2.15. The summed E-state index contributed by atoms with van der Waals surface area (Å²) in [5.41, 5.74) is 0.399. The number of guanidine groups is 1. The van der Waals surface area contributed by atoms with Gasteiger partial charge < -0.3 is 20.1 Å². The van der Waals surface area contributed by atoms with Gasteiger partial charge in [0.25, 0.3) is 0 Å². The Kier molecular flexibility index (Phi) is 10.1. The van der Waals surface area contributed by atoms with Gasteiger partial charge in [0.1, 0.15) is 5.75 Å². The van der Waals surface area contributed by atoms with Gasteiger partial charge in [-0.15, -0.1) is 37.1 Å². The highest BCUT2D eigenvalue weighted by Crippen LogP contribution is 2.28. The van der Waals surface area contributed by atoms with E-state index in [9.17, 15) is 13.2 Å². The second-order valence-corrected chi connectivity index (χ2v) is 5.88. The molecule has 1 fully saturated rings. The minimum absolute atomic E-state index is 0. The molecule has 5 nitrogen and oxygen atoms in total. The first-order chi connectivity index (χ1) is 12.0. The normalized spacial score (nSPS) is 14.5. The number of rotatable bonds is 9. The predicted octanol–water partition coefficient (Wildman–Crippen LogP) is 3.68. The van der Waals surface area contributed by atoms with Crippen LogP contribution >= 0.6 is 24.0 Å². The molecule has 26 heavy (non-hydrogen) atoms. The fourth-order valence-electron chi connectivity index (χ4n) is 2.19. The van der Waals surface area contributed by atoms with Crippen LogP contribution in [-0.2, 0) is 11.3 Å². The van der Waals surface area contributed by atoms with Gasteiger partial charge in [0.05, 0.1) is 0 Å². The van der Waals surface area contributed by atoms with E-state index in [0.717, 1.165) is 18.9 Å². The molecule has 0 unspecified atom stereocenters. The lowest BCUT2D eigenvalue weighted by molar-refractivity contribution is -0.274. The molecule has 1 aliphatic carbocycles. The Bertz CT molecular complexity index is 566. The molecule has 1 aromatic rings. The van der Waals surface area contributed by atoms with E-state index < -0.39 is 6.36 Å². The molecule has 1 aromatic carbocycles. The minimum atomic E-state index is -4.71. The van der Waals surface area contributed by atoms with Gasteiger partial charge in [-0.25, -0.2) is 0 Å². The lowest BCUT2D eigenvalue weighted by atomic mass is 10.2. The SMILES string of the molecule is CN=C(NCCCOCC1CC1)NCc1ccccc1OC(F)(F)F.I. The molecule has 148 valence electrons. The smallest absolute Gasteiger partial charge is 0.405 e. The second kappa shape index (κ2) is 11.5. The number of halogens is 4. The molecule has 2 N–H and O–H groups in total. The summed E-state index contributed by atoms with van der Waals surface area (Å²) in [6.45, 7) is 2.36. The monoisotopic (exact) mass is 487 g/mol. The van der Waals surface area contributed by atoms with Crippen LogP contribution in [0, 0.1) is 5.92 Å². The van der Waals surface area contributed by atoms with Crippen LogP contribution in [0.4, 0.5) is 13.2 Å². The molecule has 0 aromatic heterocycles. The Labute approximate surface area is 168 Å². The van der Waals surface area contributed by atoms with Crippen molar-refractivity contribution < 1.29 is 22.6 Å². The number of para-hydroxylation sites is 1. The average molecular weight is 487 g/mol. The Morgan fingerprint density at radius 3 is 2.62 bits per heavy atom. The maximum Gasteiger partial charge on any atom is 0.573 e. The summed E-state index contributed by atoms with van der Waals surface area (Å²) in [6.07, 6.45) is -1.33. The van der Waals surface area contributed by atoms with Gasteiger partial charge in [0.2, 0.25) is 0 Å². The Balaban J connectivity index is 0.00000338. The molecule has 1 aliphatic rings. The van der Waals surface area contributed by atoms with Gasteiger partial charge in [-0.3, -0.25) is 4.99 Å². The number of nitrogens with zero attached hydrogens (tertiary/aromatic N) is 1. The Morgan fingerprint density at radius 2 is 1.96 bits per heavy atom. The van der Waals surface area contributed by atoms with Crippen LogP contribution in [0.25, 0.3) is 0 Å². The summed E-state index contributed by atoms with van der Waals surface area (Å²) in [7, 11) is 1.61. The molecular weight excluding hydrogens is 462 g/mol. The molecule has 0 spiro atoms. The van der Waals surface area contributed by atoms with Crippen LogP contribution in [0.5, 0.6) is 5.75 Å². The number of ether oxygens (including phenoxy) is 2. The van der Waals surface area contributed by atoms with E-state index in [-0.39, 0.29) is 36.3 Å². The molecule has 2 rings (SSSR count). The van der Waals surface area contributed by atoms with Crippen LogP contribution in [0.1, 0.15) is 24.8 Å². The van der Waals surface area contributed by atoms with Crippen molar-refractivity contribution in [3.05, 3.63) is 29.8 Å². The number of hydrogen-bond donors (Lipinski definition) is 2. The van der Waals surface area contributed by atoms with Crippen LogP contribution < -0.4 is 15.4 Å². The van der Waals surface area contributed by atoms with Gasteiger partial charge in [-0.05, 0) is 31.2 Å². The number of alkyl halides is 3. The summed E-state index contributed by atoms with van der Waals surface area (Å²) >= 11 is 0. The third-order valence-electron chi connectivity index (χ3n) is 3.68. The highest BCUT2D eigenvalue weighted by molar-refractivity contribution is 14.0. The maximum absolute atomic E-state index is 12.4. The third-order valence-corrected chi connectivity index (χ3v) is 3.68. The molecule has 0 saturated heterocycles. The summed E-state index contributed by atoms with van der Waals surface area (Å²) in [5, 5.41) is 6.09. The zero-order valence-electron chi connectivity index (χ0n) is 14.6. The first kappa shape index (κ1) is 22.8. The molecule has 0 radical (unpaired) electrons. The first-order valence-corrected chi connectivity index (χ1v) is 8.34. The van der Waals surface area contributed by atoms with Crippen LogP contribution in [0.3, 0.4) is 0 Å². The van der Waals surface area contributed by atoms with Crippen molar-refractivity contribution in [1.82, 2.24) is 10.6 Å². The quantitative estimate of drug-likeness (QED) is 0.242. The van der Waals surface area contributed by atoms with Crippen molar-refractivity contribution in [1.29, 1.82) is 0 Å². The van der Waals surface area contributed by atoms with Crippen LogP contribution in [-0.4, -0.2) is 39.1 Å². The van der Waals surface area contributed by atoms with Gasteiger partial charge in [-0.1, -0.05) is 18.2 Å². The third kappa shape index (κ3) is 9.46. The predicted molar refractivity (Wildman–Crippen MR) is 105 cm³/mol. The largest absolute Gasteiger partial charge is 0.573 e. The van der Waals surface area contributed by atoms with Gasteiger partial charge >= 0.3 is 6.36 Å². The highest BCUT2D eigenvalue weighted by Gasteiger charge is 2.31. The summed E-state index contributed by atoms with van der Waals surface area (Å²) in [5.74, 6) is 1.05. The van der Waals surface area contributed by atoms with Crippen molar-refractivity contribution in [2.45, 2.75) is 32.2 Å². The molecule has 1 saturated carbocycles. The number of benzene rings is 1. The summed E-state index contributed by atoms with van der Waals surface area (Å²) in [6, 6.07) is 6.03. The summed E-state index contributed by atoms with van der Waals surface area (Å²) < 4.78 is 46.8. The molecule has 0 aliphatic heterocycles. The Morgan fingerprint density at radius 1 is 1.23 bits per heavy atom. The van der Waals surface area contributed by atoms with Crippen molar-refractivity contribution in [2.24, 2.45) is 10.9 Å². The van der Waals surface area contributed by atoms with Crippen molar-refractivity contribution in [2.75, 3.05) is 26.8 Å². The standard InChI is InChI=1S/C17H24F3N3O2.HI/c1-21-16(22-9-4-10-24-12-13-7-8-13)23-11-14-5-2-3-6-15(14)25-17(18,19)20;/h2-3,5-6,13H,4,7-12H2,1H3,(H2,21,22,23);1H. The minimum Gasteiger partial charge on any atom is -0.405 e. The fraction of sp³-hybridized carbons (Fsp3) is 0.588.